The molecular weight excluding hydrogens is 342 g/mol. The summed E-state index contributed by atoms with van der Waals surface area (Å²) < 4.78 is 34.6. The van der Waals surface area contributed by atoms with Gasteiger partial charge in [0.05, 0.1) is 17.2 Å². The van der Waals surface area contributed by atoms with Gasteiger partial charge in [-0.3, -0.25) is 4.79 Å². The number of anilines is 1. The van der Waals surface area contributed by atoms with Crippen molar-refractivity contribution in [3.8, 4) is 0 Å². The predicted octanol–water partition coefficient (Wildman–Crippen LogP) is 3.24. The number of para-hydroxylation sites is 2. The lowest BCUT2D eigenvalue weighted by molar-refractivity contribution is 0.0992. The Hall–Kier alpha value is -2.64. The number of carbonyl (C=O) groups is 1. The van der Waals surface area contributed by atoms with Crippen molar-refractivity contribution in [1.82, 2.24) is 0 Å². The van der Waals surface area contributed by atoms with Crippen LogP contribution < -0.4 is 5.32 Å². The number of amides is 1. The average Bonchev–Trinajstić information content (AvgIpc) is 2.94. The molecule has 0 saturated heterocycles. The van der Waals surface area contributed by atoms with Gasteiger partial charge in [-0.2, -0.15) is 0 Å². The van der Waals surface area contributed by atoms with E-state index < -0.39 is 15.7 Å². The molecule has 0 fully saturated rings. The minimum absolute atomic E-state index is 0.0488. The van der Waals surface area contributed by atoms with Crippen molar-refractivity contribution in [2.75, 3.05) is 18.7 Å². The molecule has 1 amide bonds. The van der Waals surface area contributed by atoms with E-state index in [4.69, 9.17) is 9.15 Å². The molecule has 2 aromatic carbocycles. The Labute approximate surface area is 145 Å². The third-order valence-corrected chi connectivity index (χ3v) is 4.88. The highest BCUT2D eigenvalue weighted by Crippen LogP contribution is 2.28. The third-order valence-electron chi connectivity index (χ3n) is 3.73. The quantitative estimate of drug-likeness (QED) is 0.756. The number of sulfone groups is 1. The summed E-state index contributed by atoms with van der Waals surface area (Å²) in [5.74, 6) is -0.425. The van der Waals surface area contributed by atoms with Gasteiger partial charge in [0.15, 0.2) is 15.6 Å². The lowest BCUT2D eigenvalue weighted by Crippen LogP contribution is -2.15. The number of rotatable bonds is 5. The molecule has 3 rings (SSSR count). The van der Waals surface area contributed by atoms with Gasteiger partial charge in [0.25, 0.3) is 5.91 Å². The first-order chi connectivity index (χ1) is 11.9. The van der Waals surface area contributed by atoms with Crippen LogP contribution in [0.2, 0.25) is 0 Å². The molecule has 0 atom stereocenters. The van der Waals surface area contributed by atoms with E-state index in [1.165, 1.54) is 19.2 Å². The maximum Gasteiger partial charge on any atom is 0.291 e. The Kier molecular flexibility index (Phi) is 4.61. The monoisotopic (exact) mass is 359 g/mol. The molecule has 130 valence electrons. The normalized spacial score (nSPS) is 11.6. The van der Waals surface area contributed by atoms with Gasteiger partial charge in [-0.1, -0.05) is 30.3 Å². The van der Waals surface area contributed by atoms with Gasteiger partial charge < -0.3 is 14.5 Å². The zero-order valence-electron chi connectivity index (χ0n) is 13.8. The van der Waals surface area contributed by atoms with Crippen molar-refractivity contribution < 1.29 is 22.4 Å². The summed E-state index contributed by atoms with van der Waals surface area (Å²) in [6.45, 7) is 0.202. The number of methoxy groups -OCH3 is 1. The first-order valence-electron chi connectivity index (χ1n) is 7.51. The Morgan fingerprint density at radius 1 is 1.12 bits per heavy atom. The lowest BCUT2D eigenvalue weighted by Gasteiger charge is -2.09. The van der Waals surface area contributed by atoms with Crippen LogP contribution in [0.15, 0.2) is 57.8 Å². The SMILES string of the molecule is COCc1c(C(=O)Nc2ccccc2S(C)(=O)=O)oc2ccccc12. The summed E-state index contributed by atoms with van der Waals surface area (Å²) in [5.41, 5.74) is 1.39. The maximum atomic E-state index is 12.7. The molecule has 7 heteroatoms. The zero-order valence-corrected chi connectivity index (χ0v) is 14.6. The molecule has 6 nitrogen and oxygen atoms in total. The minimum Gasteiger partial charge on any atom is -0.451 e. The first-order valence-corrected chi connectivity index (χ1v) is 9.40. The summed E-state index contributed by atoms with van der Waals surface area (Å²) in [4.78, 5) is 12.8. The Bertz CT molecular complexity index is 1040. The molecule has 0 bridgehead atoms. The zero-order chi connectivity index (χ0) is 18.0. The molecule has 0 saturated carbocycles. The van der Waals surface area contributed by atoms with Crippen LogP contribution in [0.5, 0.6) is 0 Å². The van der Waals surface area contributed by atoms with Crippen molar-refractivity contribution in [1.29, 1.82) is 0 Å². The molecule has 1 heterocycles. The van der Waals surface area contributed by atoms with E-state index in [0.717, 1.165) is 11.6 Å². The molecule has 1 aromatic heterocycles. The van der Waals surface area contributed by atoms with Gasteiger partial charge in [0, 0.05) is 24.3 Å². The highest BCUT2D eigenvalue weighted by Gasteiger charge is 2.22. The van der Waals surface area contributed by atoms with Gasteiger partial charge in [0.2, 0.25) is 0 Å². The van der Waals surface area contributed by atoms with Crippen LogP contribution in [-0.2, 0) is 21.2 Å². The predicted molar refractivity (Wildman–Crippen MR) is 94.4 cm³/mol. The van der Waals surface area contributed by atoms with Crippen LogP contribution in [-0.4, -0.2) is 27.7 Å². The summed E-state index contributed by atoms with van der Waals surface area (Å²) in [6.07, 6.45) is 1.09. The number of furan rings is 1. The summed E-state index contributed by atoms with van der Waals surface area (Å²) in [7, 11) is -1.95. The molecule has 0 spiro atoms. The number of benzene rings is 2. The van der Waals surface area contributed by atoms with Gasteiger partial charge in [-0.25, -0.2) is 8.42 Å². The number of fused-ring (bicyclic) bond motifs is 1. The fraction of sp³-hybridized carbons (Fsp3) is 0.167. The van der Waals surface area contributed by atoms with Gasteiger partial charge in [0.1, 0.15) is 5.58 Å². The number of hydrogen-bond acceptors (Lipinski definition) is 5. The van der Waals surface area contributed by atoms with E-state index in [2.05, 4.69) is 5.32 Å². The fourth-order valence-corrected chi connectivity index (χ4v) is 3.49. The smallest absolute Gasteiger partial charge is 0.291 e. The summed E-state index contributed by atoms with van der Waals surface area (Å²) in [5, 5.41) is 3.41. The lowest BCUT2D eigenvalue weighted by atomic mass is 10.1. The second-order valence-corrected chi connectivity index (χ2v) is 7.55. The molecular formula is C18H17NO5S. The van der Waals surface area contributed by atoms with Gasteiger partial charge in [-0.15, -0.1) is 0 Å². The van der Waals surface area contributed by atoms with Crippen LogP contribution in [0.3, 0.4) is 0 Å². The highest BCUT2D eigenvalue weighted by molar-refractivity contribution is 7.90. The number of ether oxygens (including phenoxy) is 1. The standard InChI is InChI=1S/C18H17NO5S/c1-23-11-13-12-7-3-5-9-15(12)24-17(13)18(20)19-14-8-4-6-10-16(14)25(2,21)22/h3-10H,11H2,1-2H3,(H,19,20). The fourth-order valence-electron chi connectivity index (χ4n) is 2.64. The maximum absolute atomic E-state index is 12.7. The number of nitrogens with one attached hydrogen (secondary N) is 1. The first kappa shape index (κ1) is 17.2. The van der Waals surface area contributed by atoms with Crippen molar-refractivity contribution in [3.05, 3.63) is 59.9 Å². The van der Waals surface area contributed by atoms with E-state index in [-0.39, 0.29) is 22.9 Å². The second-order valence-electron chi connectivity index (χ2n) is 5.56. The topological polar surface area (TPSA) is 85.6 Å². The Morgan fingerprint density at radius 3 is 2.52 bits per heavy atom. The van der Waals surface area contributed by atoms with Crippen LogP contribution in [0, 0.1) is 0 Å². The largest absolute Gasteiger partial charge is 0.451 e. The van der Waals surface area contributed by atoms with Crippen molar-refractivity contribution in [2.24, 2.45) is 0 Å². The highest BCUT2D eigenvalue weighted by atomic mass is 32.2. The molecule has 3 aromatic rings. The van der Waals surface area contributed by atoms with Crippen molar-refractivity contribution in [3.63, 3.8) is 0 Å². The number of hydrogen-bond donors (Lipinski definition) is 1. The van der Waals surface area contributed by atoms with Crippen LogP contribution >= 0.6 is 0 Å². The summed E-state index contributed by atoms with van der Waals surface area (Å²) in [6, 6.07) is 13.5. The van der Waals surface area contributed by atoms with E-state index in [1.807, 2.05) is 18.2 Å². The van der Waals surface area contributed by atoms with Crippen LogP contribution in [0.1, 0.15) is 16.1 Å². The van der Waals surface area contributed by atoms with Crippen LogP contribution in [0.25, 0.3) is 11.0 Å². The molecule has 0 unspecified atom stereocenters. The van der Waals surface area contributed by atoms with E-state index in [0.29, 0.717) is 11.1 Å². The van der Waals surface area contributed by atoms with E-state index in [1.54, 1.807) is 18.2 Å². The minimum atomic E-state index is -3.48. The van der Waals surface area contributed by atoms with E-state index in [9.17, 15) is 13.2 Å². The summed E-state index contributed by atoms with van der Waals surface area (Å²) >= 11 is 0. The molecule has 0 aliphatic heterocycles. The molecule has 0 radical (unpaired) electrons. The number of carbonyl (C=O) groups excluding carboxylic acids is 1. The Balaban J connectivity index is 2.03. The van der Waals surface area contributed by atoms with E-state index >= 15 is 0 Å². The molecule has 0 aliphatic rings. The second kappa shape index (κ2) is 6.70. The third kappa shape index (κ3) is 3.42. The average molecular weight is 359 g/mol. The molecule has 25 heavy (non-hydrogen) atoms. The molecule has 1 N–H and O–H groups in total. The van der Waals surface area contributed by atoms with Gasteiger partial charge in [-0.05, 0) is 18.2 Å². The van der Waals surface area contributed by atoms with Crippen molar-refractivity contribution >= 4 is 32.4 Å². The van der Waals surface area contributed by atoms with Crippen LogP contribution in [0.4, 0.5) is 5.69 Å². The van der Waals surface area contributed by atoms with Gasteiger partial charge >= 0.3 is 0 Å². The van der Waals surface area contributed by atoms with Crippen molar-refractivity contribution in [2.45, 2.75) is 11.5 Å². The Morgan fingerprint density at radius 2 is 1.80 bits per heavy atom. The molecule has 0 aliphatic carbocycles.